The molecular weight excluding hydrogens is 302 g/mol. The second-order valence-electron chi connectivity index (χ2n) is 5.06. The molecule has 0 radical (unpaired) electrons. The quantitative estimate of drug-likeness (QED) is 0.767. The first kappa shape index (κ1) is 15.8. The molecule has 0 saturated carbocycles. The van der Waals surface area contributed by atoms with Crippen LogP contribution in [0.15, 0.2) is 17.3 Å². The van der Waals surface area contributed by atoms with E-state index in [4.69, 9.17) is 16.3 Å². The van der Waals surface area contributed by atoms with Crippen LogP contribution in [0, 0.1) is 0 Å². The summed E-state index contributed by atoms with van der Waals surface area (Å²) in [4.78, 5) is 0.230. The van der Waals surface area contributed by atoms with E-state index in [1.807, 2.05) is 13.8 Å². The van der Waals surface area contributed by atoms with Crippen LogP contribution in [0.4, 0.5) is 0 Å². The molecule has 8 heteroatoms. The van der Waals surface area contributed by atoms with Gasteiger partial charge in [0.05, 0.1) is 18.4 Å². The minimum atomic E-state index is -3.50. The van der Waals surface area contributed by atoms with Crippen molar-refractivity contribution in [1.29, 1.82) is 0 Å². The molecule has 1 fully saturated rings. The van der Waals surface area contributed by atoms with Crippen LogP contribution in [-0.2, 0) is 21.3 Å². The van der Waals surface area contributed by atoms with Crippen molar-refractivity contribution in [1.82, 2.24) is 14.1 Å². The number of aromatic nitrogens is 2. The van der Waals surface area contributed by atoms with Crippen molar-refractivity contribution >= 4 is 21.6 Å². The van der Waals surface area contributed by atoms with Crippen LogP contribution in [-0.4, -0.2) is 53.7 Å². The van der Waals surface area contributed by atoms with Crippen molar-refractivity contribution in [2.75, 3.05) is 19.0 Å². The van der Waals surface area contributed by atoms with E-state index in [1.165, 1.54) is 10.5 Å². The van der Waals surface area contributed by atoms with Crippen molar-refractivity contribution in [3.8, 4) is 0 Å². The molecule has 1 saturated heterocycles. The molecule has 6 nitrogen and oxygen atoms in total. The van der Waals surface area contributed by atoms with Crippen molar-refractivity contribution in [3.05, 3.63) is 12.4 Å². The van der Waals surface area contributed by atoms with Gasteiger partial charge in [-0.25, -0.2) is 8.42 Å². The van der Waals surface area contributed by atoms with Gasteiger partial charge in [0.1, 0.15) is 4.90 Å². The smallest absolute Gasteiger partial charge is 0.246 e. The van der Waals surface area contributed by atoms with E-state index in [2.05, 4.69) is 5.10 Å². The highest BCUT2D eigenvalue weighted by Gasteiger charge is 2.32. The van der Waals surface area contributed by atoms with Crippen LogP contribution in [0.3, 0.4) is 0 Å². The number of hydrogen-bond donors (Lipinski definition) is 0. The summed E-state index contributed by atoms with van der Waals surface area (Å²) in [7, 11) is -3.50. The van der Waals surface area contributed by atoms with E-state index in [-0.39, 0.29) is 17.1 Å². The van der Waals surface area contributed by atoms with Gasteiger partial charge in [0.25, 0.3) is 0 Å². The standard InChI is InChI=1S/C12H20ClN3O3S/c1-10-7-16(8-11(2)19-10)20(17,18)12-6-14-15(9-12)5-3-4-13/h6,9-11H,3-5,7-8H2,1-2H3. The lowest BCUT2D eigenvalue weighted by molar-refractivity contribution is -0.0440. The zero-order valence-electron chi connectivity index (χ0n) is 11.7. The molecule has 2 heterocycles. The maximum atomic E-state index is 12.6. The molecule has 114 valence electrons. The lowest BCUT2D eigenvalue weighted by Crippen LogP contribution is -2.48. The Balaban J connectivity index is 2.15. The Morgan fingerprint density at radius 2 is 2.05 bits per heavy atom. The van der Waals surface area contributed by atoms with Gasteiger partial charge in [-0.05, 0) is 20.3 Å². The van der Waals surface area contributed by atoms with Gasteiger partial charge >= 0.3 is 0 Å². The molecule has 0 aliphatic carbocycles. The van der Waals surface area contributed by atoms with Crippen LogP contribution >= 0.6 is 11.6 Å². The summed E-state index contributed by atoms with van der Waals surface area (Å²) >= 11 is 5.62. The molecular formula is C12H20ClN3O3S. The van der Waals surface area contributed by atoms with Crippen LogP contribution < -0.4 is 0 Å². The van der Waals surface area contributed by atoms with Gasteiger partial charge in [-0.3, -0.25) is 4.68 Å². The molecule has 0 spiro atoms. The average molecular weight is 322 g/mol. The third kappa shape index (κ3) is 3.52. The second-order valence-corrected chi connectivity index (χ2v) is 7.38. The fraction of sp³-hybridized carbons (Fsp3) is 0.750. The molecule has 0 bridgehead atoms. The zero-order chi connectivity index (χ0) is 14.8. The Bertz CT molecular complexity index is 536. The third-order valence-electron chi connectivity index (χ3n) is 3.15. The number of morpholine rings is 1. The summed E-state index contributed by atoms with van der Waals surface area (Å²) in [5.74, 6) is 0.528. The molecule has 1 aromatic rings. The Hall–Kier alpha value is -0.630. The first-order valence-electron chi connectivity index (χ1n) is 6.67. The van der Waals surface area contributed by atoms with E-state index in [1.54, 1.807) is 10.9 Å². The number of rotatable bonds is 5. The van der Waals surface area contributed by atoms with Gasteiger partial charge in [-0.2, -0.15) is 9.40 Å². The highest BCUT2D eigenvalue weighted by atomic mass is 35.5. The van der Waals surface area contributed by atoms with Gasteiger partial charge in [0.15, 0.2) is 0 Å². The van der Waals surface area contributed by atoms with Crippen LogP contribution in [0.5, 0.6) is 0 Å². The Kier molecular flexibility index (Phi) is 5.06. The zero-order valence-corrected chi connectivity index (χ0v) is 13.3. The number of halogens is 1. The van der Waals surface area contributed by atoms with E-state index < -0.39 is 10.0 Å². The summed E-state index contributed by atoms with van der Waals surface area (Å²) in [6.07, 6.45) is 3.52. The molecule has 1 aliphatic heterocycles. The average Bonchev–Trinajstić information content (AvgIpc) is 2.84. The van der Waals surface area contributed by atoms with Gasteiger partial charge in [-0.1, -0.05) is 0 Å². The normalized spacial score (nSPS) is 24.9. The first-order valence-corrected chi connectivity index (χ1v) is 8.65. The lowest BCUT2D eigenvalue weighted by Gasteiger charge is -2.34. The van der Waals surface area contributed by atoms with E-state index in [0.717, 1.165) is 6.42 Å². The van der Waals surface area contributed by atoms with Crippen molar-refractivity contribution in [2.24, 2.45) is 0 Å². The summed E-state index contributed by atoms with van der Waals surface area (Å²) in [6, 6.07) is 0. The highest BCUT2D eigenvalue weighted by Crippen LogP contribution is 2.20. The molecule has 20 heavy (non-hydrogen) atoms. The predicted molar refractivity (Wildman–Crippen MR) is 76.3 cm³/mol. The number of hydrogen-bond acceptors (Lipinski definition) is 4. The Morgan fingerprint density at radius 1 is 1.40 bits per heavy atom. The van der Waals surface area contributed by atoms with E-state index in [0.29, 0.717) is 25.5 Å². The van der Waals surface area contributed by atoms with Gasteiger partial charge in [0, 0.05) is 31.7 Å². The summed E-state index contributed by atoms with van der Waals surface area (Å²) in [5.41, 5.74) is 0. The lowest BCUT2D eigenvalue weighted by atomic mass is 10.3. The highest BCUT2D eigenvalue weighted by molar-refractivity contribution is 7.89. The Labute approximate surface area is 124 Å². The second kappa shape index (κ2) is 6.43. The predicted octanol–water partition coefficient (Wildman–Crippen LogP) is 1.31. The Morgan fingerprint density at radius 3 is 2.65 bits per heavy atom. The number of nitrogens with zero attached hydrogens (tertiary/aromatic N) is 3. The number of aryl methyl sites for hydroxylation is 1. The van der Waals surface area contributed by atoms with E-state index in [9.17, 15) is 8.42 Å². The largest absolute Gasteiger partial charge is 0.373 e. The molecule has 2 atom stereocenters. The summed E-state index contributed by atoms with van der Waals surface area (Å²) < 4.78 is 33.8. The van der Waals surface area contributed by atoms with Gasteiger partial charge in [0.2, 0.25) is 10.0 Å². The van der Waals surface area contributed by atoms with Crippen molar-refractivity contribution < 1.29 is 13.2 Å². The fourth-order valence-electron chi connectivity index (χ4n) is 2.30. The summed E-state index contributed by atoms with van der Waals surface area (Å²) in [5, 5.41) is 4.07. The maximum absolute atomic E-state index is 12.6. The monoisotopic (exact) mass is 321 g/mol. The minimum absolute atomic E-state index is 0.0974. The van der Waals surface area contributed by atoms with Crippen molar-refractivity contribution in [2.45, 2.75) is 43.9 Å². The van der Waals surface area contributed by atoms with Crippen LogP contribution in [0.25, 0.3) is 0 Å². The molecule has 0 amide bonds. The summed E-state index contributed by atoms with van der Waals surface area (Å²) in [6.45, 7) is 5.12. The van der Waals surface area contributed by atoms with Crippen LogP contribution in [0.2, 0.25) is 0 Å². The van der Waals surface area contributed by atoms with Crippen LogP contribution in [0.1, 0.15) is 20.3 Å². The van der Waals surface area contributed by atoms with Gasteiger partial charge < -0.3 is 4.74 Å². The maximum Gasteiger partial charge on any atom is 0.246 e. The molecule has 1 aromatic heterocycles. The van der Waals surface area contributed by atoms with Gasteiger partial charge in [-0.15, -0.1) is 11.6 Å². The first-order chi connectivity index (χ1) is 9.43. The minimum Gasteiger partial charge on any atom is -0.373 e. The SMILES string of the molecule is CC1CN(S(=O)(=O)c2cnn(CCCCl)c2)CC(C)O1. The number of alkyl halides is 1. The molecule has 1 aliphatic rings. The molecule has 0 aromatic carbocycles. The fourth-order valence-corrected chi connectivity index (χ4v) is 3.96. The third-order valence-corrected chi connectivity index (χ3v) is 5.21. The molecule has 2 unspecified atom stereocenters. The van der Waals surface area contributed by atoms with Crippen molar-refractivity contribution in [3.63, 3.8) is 0 Å². The number of ether oxygens (including phenoxy) is 1. The van der Waals surface area contributed by atoms with E-state index >= 15 is 0 Å². The topological polar surface area (TPSA) is 64.4 Å². The molecule has 0 N–H and O–H groups in total. The number of sulfonamides is 1. The molecule has 2 rings (SSSR count).